The maximum Gasteiger partial charge on any atom is 0.00670 e. The van der Waals surface area contributed by atoms with Gasteiger partial charge in [0.15, 0.2) is 0 Å². The number of likely N-dealkylation sites (tertiary alicyclic amines) is 1. The summed E-state index contributed by atoms with van der Waals surface area (Å²) in [5.74, 6) is 0.903. The van der Waals surface area contributed by atoms with E-state index in [1.165, 1.54) is 64.7 Å². The minimum absolute atomic E-state index is 0.497. The average molecular weight is 252 g/mol. The van der Waals surface area contributed by atoms with E-state index in [0.717, 1.165) is 12.0 Å². The molecule has 0 aromatic rings. The Kier molecular flexibility index (Phi) is 5.08. The molecular formula is C16H32N2. The molecule has 0 bridgehead atoms. The van der Waals surface area contributed by atoms with Crippen LogP contribution in [0.5, 0.6) is 0 Å². The zero-order valence-corrected chi connectivity index (χ0v) is 12.7. The fourth-order valence-electron chi connectivity index (χ4n) is 3.48. The van der Waals surface area contributed by atoms with Gasteiger partial charge in [-0.1, -0.05) is 33.6 Å². The molecule has 1 unspecified atom stereocenters. The van der Waals surface area contributed by atoms with Crippen LogP contribution in [0, 0.1) is 11.3 Å². The van der Waals surface area contributed by atoms with Gasteiger partial charge in [0.1, 0.15) is 0 Å². The highest BCUT2D eigenvalue weighted by Gasteiger charge is 2.31. The standard InChI is InChI=1S/C16H32N2/c1-16(2,3)14-9-12-18(13-14)11-6-10-17-15-7-4-5-8-15/h14-15,17H,4-13H2,1-3H3. The lowest BCUT2D eigenvalue weighted by Crippen LogP contribution is -2.31. The van der Waals surface area contributed by atoms with E-state index in [4.69, 9.17) is 0 Å². The van der Waals surface area contributed by atoms with E-state index in [2.05, 4.69) is 31.0 Å². The first kappa shape index (κ1) is 14.3. The Labute approximate surface area is 114 Å². The van der Waals surface area contributed by atoms with Crippen molar-refractivity contribution < 1.29 is 0 Å². The second-order valence-corrected chi connectivity index (χ2v) is 7.44. The molecule has 0 spiro atoms. The van der Waals surface area contributed by atoms with E-state index in [9.17, 15) is 0 Å². The Morgan fingerprint density at radius 1 is 1.11 bits per heavy atom. The Morgan fingerprint density at radius 2 is 1.83 bits per heavy atom. The van der Waals surface area contributed by atoms with E-state index in [1.807, 2.05) is 0 Å². The summed E-state index contributed by atoms with van der Waals surface area (Å²) in [5.41, 5.74) is 0.497. The first-order valence-corrected chi connectivity index (χ1v) is 8.01. The SMILES string of the molecule is CC(C)(C)C1CCN(CCCNC2CCCC2)C1. The summed E-state index contributed by atoms with van der Waals surface area (Å²) in [7, 11) is 0. The van der Waals surface area contributed by atoms with Crippen LogP contribution in [0.2, 0.25) is 0 Å². The van der Waals surface area contributed by atoms with Crippen LogP contribution < -0.4 is 5.32 Å². The van der Waals surface area contributed by atoms with Crippen molar-refractivity contribution in [1.29, 1.82) is 0 Å². The van der Waals surface area contributed by atoms with Gasteiger partial charge in [-0.15, -0.1) is 0 Å². The van der Waals surface area contributed by atoms with E-state index < -0.39 is 0 Å². The van der Waals surface area contributed by atoms with E-state index in [-0.39, 0.29) is 0 Å². The van der Waals surface area contributed by atoms with E-state index in [1.54, 1.807) is 0 Å². The van der Waals surface area contributed by atoms with Gasteiger partial charge < -0.3 is 10.2 Å². The van der Waals surface area contributed by atoms with Crippen LogP contribution in [0.15, 0.2) is 0 Å². The molecule has 0 amide bonds. The van der Waals surface area contributed by atoms with Crippen LogP contribution >= 0.6 is 0 Å². The van der Waals surface area contributed by atoms with Crippen LogP contribution in [-0.2, 0) is 0 Å². The third-order valence-corrected chi connectivity index (χ3v) is 4.94. The van der Waals surface area contributed by atoms with Crippen molar-refractivity contribution in [2.24, 2.45) is 11.3 Å². The Hall–Kier alpha value is -0.0800. The molecule has 2 heteroatoms. The topological polar surface area (TPSA) is 15.3 Å². The normalized spacial score (nSPS) is 27.2. The lowest BCUT2D eigenvalue weighted by Gasteiger charge is -2.27. The van der Waals surface area contributed by atoms with Gasteiger partial charge in [0, 0.05) is 12.6 Å². The first-order valence-electron chi connectivity index (χ1n) is 8.01. The van der Waals surface area contributed by atoms with Gasteiger partial charge in [0.25, 0.3) is 0 Å². The minimum atomic E-state index is 0.497. The van der Waals surface area contributed by atoms with Crippen molar-refractivity contribution in [3.05, 3.63) is 0 Å². The predicted molar refractivity (Wildman–Crippen MR) is 78.9 cm³/mol. The van der Waals surface area contributed by atoms with Crippen molar-refractivity contribution in [3.8, 4) is 0 Å². The molecular weight excluding hydrogens is 220 g/mol. The predicted octanol–water partition coefficient (Wildman–Crippen LogP) is 3.28. The van der Waals surface area contributed by atoms with Gasteiger partial charge in [-0.2, -0.15) is 0 Å². The minimum Gasteiger partial charge on any atom is -0.314 e. The molecule has 1 saturated heterocycles. The summed E-state index contributed by atoms with van der Waals surface area (Å²) in [5, 5.41) is 3.72. The van der Waals surface area contributed by atoms with Crippen LogP contribution in [0.3, 0.4) is 0 Å². The molecule has 2 nitrogen and oxygen atoms in total. The summed E-state index contributed by atoms with van der Waals surface area (Å²) >= 11 is 0. The monoisotopic (exact) mass is 252 g/mol. The van der Waals surface area contributed by atoms with E-state index >= 15 is 0 Å². The second-order valence-electron chi connectivity index (χ2n) is 7.44. The van der Waals surface area contributed by atoms with Gasteiger partial charge in [-0.25, -0.2) is 0 Å². The van der Waals surface area contributed by atoms with E-state index in [0.29, 0.717) is 5.41 Å². The molecule has 1 atom stereocenters. The van der Waals surface area contributed by atoms with Crippen LogP contribution in [0.25, 0.3) is 0 Å². The molecule has 0 aromatic carbocycles. The number of rotatable bonds is 5. The highest BCUT2D eigenvalue weighted by atomic mass is 15.1. The summed E-state index contributed by atoms with van der Waals surface area (Å²) in [4.78, 5) is 2.67. The zero-order chi connectivity index (χ0) is 13.0. The molecule has 0 radical (unpaired) electrons. The quantitative estimate of drug-likeness (QED) is 0.755. The summed E-state index contributed by atoms with van der Waals surface area (Å²) in [6, 6.07) is 0.839. The Balaban J connectivity index is 1.55. The highest BCUT2D eigenvalue weighted by molar-refractivity contribution is 4.84. The maximum absolute atomic E-state index is 3.72. The van der Waals surface area contributed by atoms with Gasteiger partial charge >= 0.3 is 0 Å². The van der Waals surface area contributed by atoms with Gasteiger partial charge in [0.2, 0.25) is 0 Å². The molecule has 1 N–H and O–H groups in total. The van der Waals surface area contributed by atoms with Gasteiger partial charge in [-0.05, 0) is 56.7 Å². The fraction of sp³-hybridized carbons (Fsp3) is 1.00. The van der Waals surface area contributed by atoms with Crippen LogP contribution in [0.4, 0.5) is 0 Å². The van der Waals surface area contributed by atoms with Crippen LogP contribution in [-0.4, -0.2) is 37.1 Å². The molecule has 1 saturated carbocycles. The van der Waals surface area contributed by atoms with Crippen molar-refractivity contribution >= 4 is 0 Å². The number of nitrogens with one attached hydrogen (secondary N) is 1. The molecule has 0 aromatic heterocycles. The second kappa shape index (κ2) is 6.38. The lowest BCUT2D eigenvalue weighted by atomic mass is 9.80. The zero-order valence-electron chi connectivity index (χ0n) is 12.7. The summed E-state index contributed by atoms with van der Waals surface area (Å²) in [6.45, 7) is 12.3. The summed E-state index contributed by atoms with van der Waals surface area (Å²) < 4.78 is 0. The third kappa shape index (κ3) is 4.24. The number of hydrogen-bond donors (Lipinski definition) is 1. The van der Waals surface area contributed by atoms with Crippen LogP contribution in [0.1, 0.15) is 59.3 Å². The lowest BCUT2D eigenvalue weighted by molar-refractivity contribution is 0.228. The smallest absolute Gasteiger partial charge is 0.00670 e. The first-order chi connectivity index (χ1) is 8.55. The molecule has 1 heterocycles. The average Bonchev–Trinajstić information content (AvgIpc) is 2.95. The molecule has 1 aliphatic carbocycles. The van der Waals surface area contributed by atoms with Crippen molar-refractivity contribution in [3.63, 3.8) is 0 Å². The molecule has 2 rings (SSSR count). The molecule has 2 aliphatic rings. The maximum atomic E-state index is 3.72. The van der Waals surface area contributed by atoms with Crippen molar-refractivity contribution in [2.45, 2.75) is 65.3 Å². The number of hydrogen-bond acceptors (Lipinski definition) is 2. The van der Waals surface area contributed by atoms with Crippen molar-refractivity contribution in [1.82, 2.24) is 10.2 Å². The van der Waals surface area contributed by atoms with Crippen molar-refractivity contribution in [2.75, 3.05) is 26.2 Å². The number of nitrogens with zero attached hydrogens (tertiary/aromatic N) is 1. The largest absolute Gasteiger partial charge is 0.314 e. The highest BCUT2D eigenvalue weighted by Crippen LogP contribution is 2.33. The fourth-order valence-corrected chi connectivity index (χ4v) is 3.48. The summed E-state index contributed by atoms with van der Waals surface area (Å²) in [6.07, 6.45) is 8.44. The molecule has 18 heavy (non-hydrogen) atoms. The molecule has 2 fully saturated rings. The Morgan fingerprint density at radius 3 is 2.44 bits per heavy atom. The molecule has 1 aliphatic heterocycles. The van der Waals surface area contributed by atoms with Gasteiger partial charge in [0.05, 0.1) is 0 Å². The third-order valence-electron chi connectivity index (χ3n) is 4.94. The van der Waals surface area contributed by atoms with Gasteiger partial charge in [-0.3, -0.25) is 0 Å². The molecule has 106 valence electrons. The Bertz CT molecular complexity index is 238.